The normalized spacial score (nSPS) is 24.2. The predicted octanol–water partition coefficient (Wildman–Crippen LogP) is 4.82. The second-order valence-corrected chi connectivity index (χ2v) is 6.51. The van der Waals surface area contributed by atoms with Gasteiger partial charge in [-0.05, 0) is 30.9 Å². The molecule has 3 atom stereocenters. The zero-order chi connectivity index (χ0) is 16.9. The molecule has 2 aromatic rings. The Morgan fingerprint density at radius 2 is 1.38 bits per heavy atom. The molecular weight excluding hydrogens is 300 g/mol. The molecule has 3 heteroatoms. The van der Waals surface area contributed by atoms with E-state index in [2.05, 4.69) is 55.5 Å². The summed E-state index contributed by atoms with van der Waals surface area (Å²) in [5.41, 5.74) is 3.69. The maximum Gasteiger partial charge on any atom is 0.159 e. The summed E-state index contributed by atoms with van der Waals surface area (Å²) in [7, 11) is 3.42. The highest BCUT2D eigenvalue weighted by Gasteiger charge is 2.35. The molecule has 0 radical (unpaired) electrons. The number of aryl methyl sites for hydroxylation is 1. The highest BCUT2D eigenvalue weighted by atomic mass is 16.7. The molecule has 0 saturated carbocycles. The third-order valence-corrected chi connectivity index (χ3v) is 4.83. The van der Waals surface area contributed by atoms with Crippen LogP contribution in [0.3, 0.4) is 0 Å². The Morgan fingerprint density at radius 3 is 1.92 bits per heavy atom. The largest absolute Gasteiger partial charge is 0.366 e. The van der Waals surface area contributed by atoms with Gasteiger partial charge in [0.25, 0.3) is 0 Å². The maximum absolute atomic E-state index is 6.46. The van der Waals surface area contributed by atoms with Gasteiger partial charge in [-0.2, -0.15) is 0 Å². The number of benzene rings is 2. The average Bonchev–Trinajstić information content (AvgIpc) is 2.64. The van der Waals surface area contributed by atoms with E-state index in [1.807, 2.05) is 6.07 Å². The van der Waals surface area contributed by atoms with E-state index < -0.39 is 0 Å². The molecule has 0 aliphatic carbocycles. The van der Waals surface area contributed by atoms with Crippen LogP contribution in [0.2, 0.25) is 0 Å². The molecular formula is C21H26O3. The number of hydrogen-bond acceptors (Lipinski definition) is 3. The highest BCUT2D eigenvalue weighted by Crippen LogP contribution is 2.43. The monoisotopic (exact) mass is 326 g/mol. The molecule has 0 spiro atoms. The fourth-order valence-corrected chi connectivity index (χ4v) is 3.54. The van der Waals surface area contributed by atoms with Gasteiger partial charge in [0, 0.05) is 20.1 Å². The van der Waals surface area contributed by atoms with E-state index in [1.54, 1.807) is 14.2 Å². The smallest absolute Gasteiger partial charge is 0.159 e. The summed E-state index contributed by atoms with van der Waals surface area (Å²) in [5.74, 6) is 0.297. The Kier molecular flexibility index (Phi) is 5.67. The van der Waals surface area contributed by atoms with Crippen LogP contribution < -0.4 is 0 Å². The summed E-state index contributed by atoms with van der Waals surface area (Å²) in [4.78, 5) is 0. The zero-order valence-electron chi connectivity index (χ0n) is 14.6. The van der Waals surface area contributed by atoms with Crippen molar-refractivity contribution in [3.05, 3.63) is 71.3 Å². The summed E-state index contributed by atoms with van der Waals surface area (Å²) in [5, 5.41) is 0. The number of methoxy groups -OCH3 is 2. The summed E-state index contributed by atoms with van der Waals surface area (Å²) in [6, 6.07) is 19.0. The summed E-state index contributed by atoms with van der Waals surface area (Å²) < 4.78 is 17.6. The third-order valence-electron chi connectivity index (χ3n) is 4.83. The fourth-order valence-electron chi connectivity index (χ4n) is 3.54. The molecule has 0 unspecified atom stereocenters. The molecule has 3 nitrogen and oxygen atoms in total. The van der Waals surface area contributed by atoms with Crippen LogP contribution in [-0.2, 0) is 14.2 Å². The van der Waals surface area contributed by atoms with Gasteiger partial charge < -0.3 is 14.2 Å². The summed E-state index contributed by atoms with van der Waals surface area (Å²) >= 11 is 0. The molecule has 1 aliphatic heterocycles. The van der Waals surface area contributed by atoms with E-state index in [1.165, 1.54) is 16.7 Å². The van der Waals surface area contributed by atoms with E-state index in [-0.39, 0.29) is 18.5 Å². The lowest BCUT2D eigenvalue weighted by Gasteiger charge is -2.38. The molecule has 1 aliphatic rings. The topological polar surface area (TPSA) is 27.7 Å². The van der Waals surface area contributed by atoms with Crippen molar-refractivity contribution >= 4 is 0 Å². The Hall–Kier alpha value is -1.68. The van der Waals surface area contributed by atoms with Crippen molar-refractivity contribution in [2.24, 2.45) is 5.92 Å². The zero-order valence-corrected chi connectivity index (χ0v) is 14.6. The molecule has 1 fully saturated rings. The summed E-state index contributed by atoms with van der Waals surface area (Å²) in [6.45, 7) is 2.10. The van der Waals surface area contributed by atoms with Crippen LogP contribution in [0.5, 0.6) is 0 Å². The molecule has 0 bridgehead atoms. The Bertz CT molecular complexity index is 619. The molecule has 2 aromatic carbocycles. The quantitative estimate of drug-likeness (QED) is 0.737. The van der Waals surface area contributed by atoms with Crippen LogP contribution >= 0.6 is 0 Å². The van der Waals surface area contributed by atoms with Gasteiger partial charge in [0.2, 0.25) is 0 Å². The molecule has 0 N–H and O–H groups in total. The first-order valence-electron chi connectivity index (χ1n) is 8.54. The van der Waals surface area contributed by atoms with Crippen molar-refractivity contribution in [3.63, 3.8) is 0 Å². The van der Waals surface area contributed by atoms with Gasteiger partial charge >= 0.3 is 0 Å². The number of ether oxygens (including phenoxy) is 3. The molecule has 1 heterocycles. The lowest BCUT2D eigenvalue weighted by Crippen LogP contribution is -2.33. The lowest BCUT2D eigenvalue weighted by atomic mass is 9.86. The SMILES string of the molecule is COC(OC)[C@H]1C[C@@H](c2ccccc2)O[C@@H](c2ccc(C)cc2)C1. The van der Waals surface area contributed by atoms with Crippen LogP contribution in [0.4, 0.5) is 0 Å². The minimum atomic E-state index is -0.201. The highest BCUT2D eigenvalue weighted by molar-refractivity contribution is 5.25. The first kappa shape index (κ1) is 17.2. The van der Waals surface area contributed by atoms with Crippen LogP contribution in [0.15, 0.2) is 54.6 Å². The van der Waals surface area contributed by atoms with E-state index in [4.69, 9.17) is 14.2 Å². The first-order valence-corrected chi connectivity index (χ1v) is 8.54. The number of hydrogen-bond donors (Lipinski definition) is 0. The van der Waals surface area contributed by atoms with Gasteiger partial charge in [0.15, 0.2) is 6.29 Å². The van der Waals surface area contributed by atoms with E-state index in [9.17, 15) is 0 Å². The number of rotatable bonds is 5. The van der Waals surface area contributed by atoms with Crippen molar-refractivity contribution in [2.45, 2.75) is 38.3 Å². The van der Waals surface area contributed by atoms with Gasteiger partial charge in [-0.25, -0.2) is 0 Å². The molecule has 3 rings (SSSR count). The van der Waals surface area contributed by atoms with E-state index in [0.29, 0.717) is 5.92 Å². The van der Waals surface area contributed by atoms with Crippen LogP contribution in [0.25, 0.3) is 0 Å². The van der Waals surface area contributed by atoms with Gasteiger partial charge in [0.05, 0.1) is 12.2 Å². The van der Waals surface area contributed by atoms with Gasteiger partial charge in [-0.15, -0.1) is 0 Å². The average molecular weight is 326 g/mol. The van der Waals surface area contributed by atoms with Crippen molar-refractivity contribution in [1.82, 2.24) is 0 Å². The van der Waals surface area contributed by atoms with Gasteiger partial charge in [0.1, 0.15) is 0 Å². The second-order valence-electron chi connectivity index (χ2n) is 6.51. The molecule has 1 saturated heterocycles. The van der Waals surface area contributed by atoms with Crippen molar-refractivity contribution in [1.29, 1.82) is 0 Å². The Balaban J connectivity index is 1.86. The maximum atomic E-state index is 6.46. The molecule has 0 amide bonds. The minimum absolute atomic E-state index is 0.0577. The van der Waals surface area contributed by atoms with E-state index >= 15 is 0 Å². The molecule has 24 heavy (non-hydrogen) atoms. The van der Waals surface area contributed by atoms with Crippen molar-refractivity contribution in [3.8, 4) is 0 Å². The Morgan fingerprint density at radius 1 is 0.833 bits per heavy atom. The van der Waals surface area contributed by atoms with Crippen molar-refractivity contribution < 1.29 is 14.2 Å². The fraction of sp³-hybridized carbons (Fsp3) is 0.429. The van der Waals surface area contributed by atoms with Crippen molar-refractivity contribution in [2.75, 3.05) is 14.2 Å². The molecule has 128 valence electrons. The van der Waals surface area contributed by atoms with Crippen LogP contribution in [0.1, 0.15) is 41.7 Å². The first-order chi connectivity index (χ1) is 11.7. The van der Waals surface area contributed by atoms with Crippen LogP contribution in [0, 0.1) is 12.8 Å². The van der Waals surface area contributed by atoms with Crippen LogP contribution in [-0.4, -0.2) is 20.5 Å². The lowest BCUT2D eigenvalue weighted by molar-refractivity contribution is -0.181. The van der Waals surface area contributed by atoms with E-state index in [0.717, 1.165) is 12.8 Å². The Labute approximate surface area is 144 Å². The summed E-state index contributed by atoms with van der Waals surface area (Å²) in [6.07, 6.45) is 1.72. The standard InChI is InChI=1S/C21H26O3/c1-15-9-11-17(12-10-15)20-14-18(21(22-2)23-3)13-19(24-20)16-7-5-4-6-8-16/h4-12,18-21H,13-14H2,1-3H3/t18-,19-,20+/m0/s1. The molecule has 0 aromatic heterocycles. The van der Waals surface area contributed by atoms with Gasteiger partial charge in [-0.3, -0.25) is 0 Å². The third kappa shape index (κ3) is 3.86. The second kappa shape index (κ2) is 7.93. The minimum Gasteiger partial charge on any atom is -0.366 e. The van der Waals surface area contributed by atoms with Gasteiger partial charge in [-0.1, -0.05) is 60.2 Å². The predicted molar refractivity (Wildman–Crippen MR) is 94.7 cm³/mol.